The highest BCUT2D eigenvalue weighted by Crippen LogP contribution is 2.21. The molecule has 0 radical (unpaired) electrons. The molecule has 0 aliphatic rings. The van der Waals surface area contributed by atoms with E-state index >= 15 is 0 Å². The summed E-state index contributed by atoms with van der Waals surface area (Å²) in [6, 6.07) is 13.1. The molecule has 128 valence electrons. The summed E-state index contributed by atoms with van der Waals surface area (Å²) in [5.41, 5.74) is 2.98. The van der Waals surface area contributed by atoms with E-state index in [-0.39, 0.29) is 11.6 Å². The van der Waals surface area contributed by atoms with Crippen molar-refractivity contribution in [1.29, 1.82) is 0 Å². The molecule has 1 heterocycles. The van der Waals surface area contributed by atoms with Crippen molar-refractivity contribution < 1.29 is 8.78 Å². The predicted octanol–water partition coefficient (Wildman–Crippen LogP) is 5.11. The van der Waals surface area contributed by atoms with Gasteiger partial charge in [0.15, 0.2) is 0 Å². The number of anilines is 4. The van der Waals surface area contributed by atoms with Gasteiger partial charge in [-0.15, -0.1) is 0 Å². The number of halogens is 2. The smallest absolute Gasteiger partial charge is 0.229 e. The van der Waals surface area contributed by atoms with Crippen LogP contribution in [-0.4, -0.2) is 9.97 Å². The Kier molecular flexibility index (Phi) is 4.88. The predicted molar refractivity (Wildman–Crippen MR) is 95.5 cm³/mol. The molecule has 1 aromatic heterocycles. The van der Waals surface area contributed by atoms with Crippen molar-refractivity contribution in [3.63, 3.8) is 0 Å². The normalized spacial score (nSPS) is 10.6. The summed E-state index contributed by atoms with van der Waals surface area (Å²) in [6.07, 6.45) is 0.976. The number of hydrogen-bond acceptors (Lipinski definition) is 4. The molecule has 0 amide bonds. The summed E-state index contributed by atoms with van der Waals surface area (Å²) in [7, 11) is 0. The highest BCUT2D eigenvalue weighted by atomic mass is 19.1. The monoisotopic (exact) mass is 340 g/mol. The van der Waals surface area contributed by atoms with Gasteiger partial charge in [0.25, 0.3) is 0 Å². The van der Waals surface area contributed by atoms with Gasteiger partial charge in [0.2, 0.25) is 5.95 Å². The highest BCUT2D eigenvalue weighted by molar-refractivity contribution is 5.60. The number of aryl methyl sites for hydroxylation is 2. The van der Waals surface area contributed by atoms with E-state index in [2.05, 4.69) is 27.5 Å². The first kappa shape index (κ1) is 16.8. The summed E-state index contributed by atoms with van der Waals surface area (Å²) in [5.74, 6) is -0.513. The Labute approximate surface area is 145 Å². The van der Waals surface area contributed by atoms with Gasteiger partial charge in [0.05, 0.1) is 5.69 Å². The second kappa shape index (κ2) is 7.25. The van der Waals surface area contributed by atoms with E-state index < -0.39 is 11.6 Å². The minimum atomic E-state index is -0.699. The summed E-state index contributed by atoms with van der Waals surface area (Å²) in [5, 5.41) is 5.98. The van der Waals surface area contributed by atoms with Crippen molar-refractivity contribution >= 4 is 23.1 Å². The van der Waals surface area contributed by atoms with Gasteiger partial charge in [0.1, 0.15) is 17.5 Å². The van der Waals surface area contributed by atoms with Gasteiger partial charge in [0, 0.05) is 23.5 Å². The molecule has 0 spiro atoms. The standard InChI is InChI=1S/C19H18F2N4/c1-3-13-4-7-15(8-5-13)23-18-10-12(2)22-19(25-18)24-17-9-6-14(20)11-16(17)21/h4-11H,3H2,1-2H3,(H2,22,23,24,25). The fourth-order valence-electron chi connectivity index (χ4n) is 2.37. The van der Waals surface area contributed by atoms with E-state index in [1.165, 1.54) is 17.7 Å². The molecule has 3 rings (SSSR count). The summed E-state index contributed by atoms with van der Waals surface area (Å²) in [6.45, 7) is 3.92. The van der Waals surface area contributed by atoms with Crippen LogP contribution in [0.4, 0.5) is 31.9 Å². The lowest BCUT2D eigenvalue weighted by molar-refractivity contribution is 0.586. The van der Waals surface area contributed by atoms with Crippen LogP contribution in [0.2, 0.25) is 0 Å². The highest BCUT2D eigenvalue weighted by Gasteiger charge is 2.08. The molecule has 0 fully saturated rings. The molecule has 6 heteroatoms. The summed E-state index contributed by atoms with van der Waals surface area (Å²) < 4.78 is 26.8. The molecule has 0 saturated heterocycles. The molecule has 0 aliphatic heterocycles. The lowest BCUT2D eigenvalue weighted by atomic mass is 10.1. The van der Waals surface area contributed by atoms with Gasteiger partial charge in [-0.05, 0) is 43.2 Å². The van der Waals surface area contributed by atoms with Crippen LogP contribution < -0.4 is 10.6 Å². The third kappa shape index (κ3) is 4.29. The van der Waals surface area contributed by atoms with Crippen molar-refractivity contribution in [1.82, 2.24) is 9.97 Å². The van der Waals surface area contributed by atoms with E-state index in [0.717, 1.165) is 18.2 Å². The Hall–Kier alpha value is -3.02. The van der Waals surface area contributed by atoms with Crippen molar-refractivity contribution in [2.75, 3.05) is 10.6 Å². The number of aromatic nitrogens is 2. The van der Waals surface area contributed by atoms with Crippen molar-refractivity contribution in [2.45, 2.75) is 20.3 Å². The number of nitrogens with zero attached hydrogens (tertiary/aromatic N) is 2. The van der Waals surface area contributed by atoms with E-state index in [0.29, 0.717) is 11.5 Å². The van der Waals surface area contributed by atoms with Gasteiger partial charge < -0.3 is 10.6 Å². The van der Waals surface area contributed by atoms with Crippen molar-refractivity contribution in [3.05, 3.63) is 71.4 Å². The molecule has 2 aromatic carbocycles. The zero-order valence-electron chi connectivity index (χ0n) is 14.0. The van der Waals surface area contributed by atoms with E-state index in [9.17, 15) is 8.78 Å². The van der Waals surface area contributed by atoms with Crippen molar-refractivity contribution in [2.24, 2.45) is 0 Å². The second-order valence-electron chi connectivity index (χ2n) is 5.64. The van der Waals surface area contributed by atoms with Gasteiger partial charge in [-0.25, -0.2) is 13.8 Å². The number of hydrogen-bond donors (Lipinski definition) is 2. The fraction of sp³-hybridized carbons (Fsp3) is 0.158. The topological polar surface area (TPSA) is 49.8 Å². The van der Waals surface area contributed by atoms with Gasteiger partial charge in [-0.1, -0.05) is 19.1 Å². The quantitative estimate of drug-likeness (QED) is 0.677. The van der Waals surface area contributed by atoms with Crippen LogP contribution in [0.15, 0.2) is 48.5 Å². The lowest BCUT2D eigenvalue weighted by Gasteiger charge is -2.11. The molecule has 3 aromatic rings. The van der Waals surface area contributed by atoms with Crippen LogP contribution >= 0.6 is 0 Å². The maximum absolute atomic E-state index is 13.8. The molecule has 0 saturated carbocycles. The van der Waals surface area contributed by atoms with Gasteiger partial charge in [-0.2, -0.15) is 4.98 Å². The van der Waals surface area contributed by atoms with Crippen LogP contribution in [0.5, 0.6) is 0 Å². The van der Waals surface area contributed by atoms with Crippen molar-refractivity contribution in [3.8, 4) is 0 Å². The third-order valence-corrected chi connectivity index (χ3v) is 3.67. The molecule has 0 unspecified atom stereocenters. The second-order valence-corrected chi connectivity index (χ2v) is 5.64. The largest absolute Gasteiger partial charge is 0.340 e. The molecule has 0 aliphatic carbocycles. The lowest BCUT2D eigenvalue weighted by Crippen LogP contribution is -2.03. The Morgan fingerprint density at radius 3 is 2.36 bits per heavy atom. The van der Waals surface area contributed by atoms with Crippen LogP contribution in [0.3, 0.4) is 0 Å². The average molecular weight is 340 g/mol. The van der Waals surface area contributed by atoms with E-state index in [4.69, 9.17) is 0 Å². The zero-order chi connectivity index (χ0) is 17.8. The Balaban J connectivity index is 1.82. The molecule has 25 heavy (non-hydrogen) atoms. The fourth-order valence-corrected chi connectivity index (χ4v) is 2.37. The first-order chi connectivity index (χ1) is 12.0. The minimum Gasteiger partial charge on any atom is -0.340 e. The molecule has 4 nitrogen and oxygen atoms in total. The molecular weight excluding hydrogens is 322 g/mol. The Morgan fingerprint density at radius 1 is 0.920 bits per heavy atom. The van der Waals surface area contributed by atoms with Crippen LogP contribution in [-0.2, 0) is 6.42 Å². The first-order valence-corrected chi connectivity index (χ1v) is 7.97. The summed E-state index contributed by atoms with van der Waals surface area (Å²) >= 11 is 0. The van der Waals surface area contributed by atoms with Gasteiger partial charge >= 0.3 is 0 Å². The zero-order valence-corrected chi connectivity index (χ0v) is 14.0. The average Bonchev–Trinajstić information content (AvgIpc) is 2.58. The van der Waals surface area contributed by atoms with E-state index in [1.807, 2.05) is 31.2 Å². The van der Waals surface area contributed by atoms with E-state index in [1.54, 1.807) is 6.07 Å². The SMILES string of the molecule is CCc1ccc(Nc2cc(C)nc(Nc3ccc(F)cc3F)n2)cc1. The minimum absolute atomic E-state index is 0.116. The molecule has 2 N–H and O–H groups in total. The van der Waals surface area contributed by atoms with Gasteiger partial charge in [-0.3, -0.25) is 0 Å². The molecule has 0 bridgehead atoms. The van der Waals surface area contributed by atoms with Crippen LogP contribution in [0.1, 0.15) is 18.2 Å². The maximum Gasteiger partial charge on any atom is 0.229 e. The first-order valence-electron chi connectivity index (χ1n) is 7.97. The Morgan fingerprint density at radius 2 is 1.68 bits per heavy atom. The maximum atomic E-state index is 13.8. The molecular formula is C19H18F2N4. The summed E-state index contributed by atoms with van der Waals surface area (Å²) in [4.78, 5) is 8.58. The third-order valence-electron chi connectivity index (χ3n) is 3.67. The molecule has 0 atom stereocenters. The van der Waals surface area contributed by atoms with Crippen LogP contribution in [0, 0.1) is 18.6 Å². The Bertz CT molecular complexity index is 879. The number of benzene rings is 2. The number of nitrogens with one attached hydrogen (secondary N) is 2. The van der Waals surface area contributed by atoms with Crippen LogP contribution in [0.25, 0.3) is 0 Å². The number of rotatable bonds is 5.